The number of nitrogens with zero attached hydrogens (tertiary/aromatic N) is 3. The molecule has 0 aliphatic rings. The summed E-state index contributed by atoms with van der Waals surface area (Å²) in [7, 11) is 3.79. The molecule has 0 amide bonds. The van der Waals surface area contributed by atoms with Crippen molar-refractivity contribution in [3.05, 3.63) is 42.1 Å². The van der Waals surface area contributed by atoms with E-state index < -0.39 is 5.97 Å². The molecular weight excluding hydrogens is 274 g/mol. The van der Waals surface area contributed by atoms with Gasteiger partial charge in [0.05, 0.1) is 6.42 Å². The van der Waals surface area contributed by atoms with Crippen LogP contribution in [0.1, 0.15) is 5.56 Å². The molecular formula is C14H15N3O2S. The summed E-state index contributed by atoms with van der Waals surface area (Å²) in [5, 5.41) is 9.58. The largest absolute Gasteiger partial charge is 0.481 e. The lowest BCUT2D eigenvalue weighted by molar-refractivity contribution is -0.136. The van der Waals surface area contributed by atoms with E-state index in [2.05, 4.69) is 9.97 Å². The topological polar surface area (TPSA) is 66.3 Å². The van der Waals surface area contributed by atoms with Crippen molar-refractivity contribution in [1.29, 1.82) is 0 Å². The fraction of sp³-hybridized carbons (Fsp3) is 0.214. The lowest BCUT2D eigenvalue weighted by Gasteiger charge is -2.10. The molecule has 0 fully saturated rings. The maximum absolute atomic E-state index is 10.6. The Bertz CT molecular complexity index is 600. The zero-order chi connectivity index (χ0) is 14.5. The normalized spacial score (nSPS) is 10.3. The summed E-state index contributed by atoms with van der Waals surface area (Å²) in [5.41, 5.74) is 0.790. The number of aromatic nitrogens is 2. The Morgan fingerprint density at radius 2 is 1.95 bits per heavy atom. The molecule has 0 radical (unpaired) electrons. The molecule has 1 aromatic heterocycles. The Morgan fingerprint density at radius 3 is 2.55 bits per heavy atom. The summed E-state index contributed by atoms with van der Waals surface area (Å²) in [4.78, 5) is 22.1. The van der Waals surface area contributed by atoms with Gasteiger partial charge in [0, 0.05) is 25.2 Å². The smallest absolute Gasteiger partial charge is 0.307 e. The van der Waals surface area contributed by atoms with Crippen LogP contribution in [0.4, 0.5) is 5.95 Å². The second-order valence-corrected chi connectivity index (χ2v) is 5.50. The van der Waals surface area contributed by atoms with Crippen LogP contribution >= 0.6 is 11.8 Å². The predicted molar refractivity (Wildman–Crippen MR) is 78.3 cm³/mol. The standard InChI is InChI=1S/C14H15N3O2S/c1-17(2)14-15-8-7-12(16-14)20-11-5-3-10(4-6-11)9-13(18)19/h3-8H,9H2,1-2H3,(H,18,19). The first kappa shape index (κ1) is 14.3. The minimum atomic E-state index is -0.822. The van der Waals surface area contributed by atoms with Gasteiger partial charge in [0.25, 0.3) is 0 Å². The molecule has 0 aliphatic carbocycles. The Balaban J connectivity index is 2.10. The second-order valence-electron chi connectivity index (χ2n) is 4.41. The van der Waals surface area contributed by atoms with Gasteiger partial charge in [-0.1, -0.05) is 23.9 Å². The van der Waals surface area contributed by atoms with Crippen molar-refractivity contribution in [2.75, 3.05) is 19.0 Å². The number of carbonyl (C=O) groups is 1. The van der Waals surface area contributed by atoms with Crippen molar-refractivity contribution in [3.63, 3.8) is 0 Å². The monoisotopic (exact) mass is 289 g/mol. The van der Waals surface area contributed by atoms with Crippen molar-refractivity contribution in [3.8, 4) is 0 Å². The van der Waals surface area contributed by atoms with Crippen molar-refractivity contribution in [2.45, 2.75) is 16.3 Å². The van der Waals surface area contributed by atoms with Crippen LogP contribution < -0.4 is 4.90 Å². The van der Waals surface area contributed by atoms with E-state index in [0.29, 0.717) is 5.95 Å². The lowest BCUT2D eigenvalue weighted by atomic mass is 10.2. The van der Waals surface area contributed by atoms with E-state index in [4.69, 9.17) is 5.11 Å². The van der Waals surface area contributed by atoms with E-state index in [1.807, 2.05) is 49.3 Å². The maximum atomic E-state index is 10.6. The van der Waals surface area contributed by atoms with Crippen molar-refractivity contribution >= 4 is 23.7 Å². The molecule has 5 nitrogen and oxygen atoms in total. The van der Waals surface area contributed by atoms with Crippen LogP contribution in [-0.4, -0.2) is 35.1 Å². The average molecular weight is 289 g/mol. The van der Waals surface area contributed by atoms with E-state index in [1.165, 1.54) is 11.8 Å². The third kappa shape index (κ3) is 3.96. The van der Waals surface area contributed by atoms with Crippen LogP contribution in [0.3, 0.4) is 0 Å². The average Bonchev–Trinajstić information content (AvgIpc) is 2.41. The fourth-order valence-electron chi connectivity index (χ4n) is 1.58. The Labute approximate surface area is 121 Å². The third-order valence-electron chi connectivity index (χ3n) is 2.52. The molecule has 1 aromatic carbocycles. The molecule has 0 saturated carbocycles. The molecule has 0 unspecified atom stereocenters. The van der Waals surface area contributed by atoms with Gasteiger partial charge < -0.3 is 10.0 Å². The van der Waals surface area contributed by atoms with E-state index in [1.54, 1.807) is 6.20 Å². The summed E-state index contributed by atoms with van der Waals surface area (Å²) in [6.45, 7) is 0. The van der Waals surface area contributed by atoms with Gasteiger partial charge in [0.2, 0.25) is 5.95 Å². The molecule has 104 valence electrons. The molecule has 6 heteroatoms. The highest BCUT2D eigenvalue weighted by Gasteiger charge is 2.04. The first-order chi connectivity index (χ1) is 9.54. The number of carboxylic acid groups (broad SMARTS) is 1. The van der Waals surface area contributed by atoms with Gasteiger partial charge in [-0.05, 0) is 23.8 Å². The molecule has 1 heterocycles. The Hall–Kier alpha value is -2.08. The Morgan fingerprint density at radius 1 is 1.25 bits per heavy atom. The maximum Gasteiger partial charge on any atom is 0.307 e. The van der Waals surface area contributed by atoms with Gasteiger partial charge in [0.1, 0.15) is 5.03 Å². The summed E-state index contributed by atoms with van der Waals surface area (Å²) >= 11 is 1.52. The fourth-order valence-corrected chi connectivity index (χ4v) is 2.35. The molecule has 0 aliphatic heterocycles. The summed E-state index contributed by atoms with van der Waals surface area (Å²) in [6, 6.07) is 9.30. The van der Waals surface area contributed by atoms with Crippen molar-refractivity contribution in [2.24, 2.45) is 0 Å². The van der Waals surface area contributed by atoms with Crippen LogP contribution in [-0.2, 0) is 11.2 Å². The van der Waals surface area contributed by atoms with Gasteiger partial charge >= 0.3 is 5.97 Å². The highest BCUT2D eigenvalue weighted by atomic mass is 32.2. The van der Waals surface area contributed by atoms with Gasteiger partial charge in [-0.25, -0.2) is 9.97 Å². The molecule has 20 heavy (non-hydrogen) atoms. The molecule has 0 bridgehead atoms. The van der Waals surface area contributed by atoms with E-state index >= 15 is 0 Å². The van der Waals surface area contributed by atoms with Crippen LogP contribution in [0, 0.1) is 0 Å². The second kappa shape index (κ2) is 6.38. The zero-order valence-electron chi connectivity index (χ0n) is 11.3. The Kier molecular flexibility index (Phi) is 4.57. The highest BCUT2D eigenvalue weighted by molar-refractivity contribution is 7.99. The number of hydrogen-bond acceptors (Lipinski definition) is 5. The van der Waals surface area contributed by atoms with Crippen LogP contribution in [0.2, 0.25) is 0 Å². The van der Waals surface area contributed by atoms with E-state index in [-0.39, 0.29) is 6.42 Å². The summed E-state index contributed by atoms with van der Waals surface area (Å²) in [6.07, 6.45) is 1.77. The number of benzene rings is 1. The first-order valence-corrected chi connectivity index (χ1v) is 6.85. The van der Waals surface area contributed by atoms with Crippen LogP contribution in [0.15, 0.2) is 46.5 Å². The van der Waals surface area contributed by atoms with E-state index in [0.717, 1.165) is 15.5 Å². The van der Waals surface area contributed by atoms with Gasteiger partial charge in [-0.3, -0.25) is 4.79 Å². The number of carboxylic acids is 1. The number of hydrogen-bond donors (Lipinski definition) is 1. The van der Waals surface area contributed by atoms with Gasteiger partial charge in [-0.15, -0.1) is 0 Å². The molecule has 2 aromatic rings. The molecule has 0 atom stereocenters. The highest BCUT2D eigenvalue weighted by Crippen LogP contribution is 2.26. The zero-order valence-corrected chi connectivity index (χ0v) is 12.1. The molecule has 0 spiro atoms. The van der Waals surface area contributed by atoms with Crippen molar-refractivity contribution in [1.82, 2.24) is 9.97 Å². The summed E-state index contributed by atoms with van der Waals surface area (Å²) < 4.78 is 0. The minimum absolute atomic E-state index is 0.0449. The number of anilines is 1. The summed E-state index contributed by atoms with van der Waals surface area (Å²) in [5.74, 6) is -0.158. The molecule has 1 N–H and O–H groups in total. The third-order valence-corrected chi connectivity index (χ3v) is 3.46. The van der Waals surface area contributed by atoms with Crippen molar-refractivity contribution < 1.29 is 9.90 Å². The van der Waals surface area contributed by atoms with Crippen LogP contribution in [0.5, 0.6) is 0 Å². The number of aliphatic carboxylic acids is 1. The molecule has 0 saturated heterocycles. The van der Waals surface area contributed by atoms with Crippen LogP contribution in [0.25, 0.3) is 0 Å². The predicted octanol–water partition coefficient (Wildman–Crippen LogP) is 2.32. The molecule has 2 rings (SSSR count). The quantitative estimate of drug-likeness (QED) is 0.852. The van der Waals surface area contributed by atoms with Gasteiger partial charge in [0.15, 0.2) is 0 Å². The first-order valence-electron chi connectivity index (χ1n) is 6.03. The SMILES string of the molecule is CN(C)c1nccc(Sc2ccc(CC(=O)O)cc2)n1. The minimum Gasteiger partial charge on any atom is -0.481 e. The lowest BCUT2D eigenvalue weighted by Crippen LogP contribution is -2.12. The number of rotatable bonds is 5. The van der Waals surface area contributed by atoms with Gasteiger partial charge in [-0.2, -0.15) is 0 Å². The van der Waals surface area contributed by atoms with E-state index in [9.17, 15) is 4.79 Å².